The van der Waals surface area contributed by atoms with Gasteiger partial charge in [0.1, 0.15) is 18.2 Å². The van der Waals surface area contributed by atoms with Crippen LogP contribution in [0.3, 0.4) is 0 Å². The van der Waals surface area contributed by atoms with Gasteiger partial charge in [0.15, 0.2) is 0 Å². The van der Waals surface area contributed by atoms with Gasteiger partial charge >= 0.3 is 0 Å². The second-order valence-electron chi connectivity index (χ2n) is 3.15. The second kappa shape index (κ2) is 5.25. The molecule has 6 heteroatoms. The molecule has 1 N–H and O–H groups in total. The number of nitriles is 1. The van der Waals surface area contributed by atoms with Crippen LogP contribution in [0.1, 0.15) is 5.56 Å². The Morgan fingerprint density at radius 1 is 1.29 bits per heavy atom. The third-order valence-electron chi connectivity index (χ3n) is 2.02. The van der Waals surface area contributed by atoms with Gasteiger partial charge in [0.2, 0.25) is 0 Å². The molecule has 0 aliphatic rings. The third kappa shape index (κ3) is 2.81. The number of nitrogens with one attached hydrogen (secondary N) is 1. The Kier molecular flexibility index (Phi) is 3.71. The molecular formula is C11H6Br2N4. The number of halogens is 2. The Morgan fingerprint density at radius 3 is 2.82 bits per heavy atom. The van der Waals surface area contributed by atoms with E-state index in [2.05, 4.69) is 53.2 Å². The van der Waals surface area contributed by atoms with E-state index in [1.165, 1.54) is 6.33 Å². The van der Waals surface area contributed by atoms with Crippen LogP contribution in [0.2, 0.25) is 0 Å². The fourth-order valence-corrected chi connectivity index (χ4v) is 1.93. The summed E-state index contributed by atoms with van der Waals surface area (Å²) < 4.78 is 1.63. The van der Waals surface area contributed by atoms with Gasteiger partial charge < -0.3 is 5.32 Å². The molecule has 0 aliphatic carbocycles. The lowest BCUT2D eigenvalue weighted by Crippen LogP contribution is -1.97. The van der Waals surface area contributed by atoms with Crippen LogP contribution in [0.15, 0.2) is 39.7 Å². The molecule has 0 aliphatic heterocycles. The predicted molar refractivity (Wildman–Crippen MR) is 71.9 cm³/mol. The Balaban J connectivity index is 2.40. The lowest BCUT2D eigenvalue weighted by atomic mass is 10.2. The van der Waals surface area contributed by atoms with E-state index in [1.54, 1.807) is 12.3 Å². The van der Waals surface area contributed by atoms with Crippen molar-refractivity contribution in [2.75, 3.05) is 5.32 Å². The van der Waals surface area contributed by atoms with Crippen LogP contribution < -0.4 is 5.32 Å². The summed E-state index contributed by atoms with van der Waals surface area (Å²) in [6.45, 7) is 0. The molecule has 1 aromatic heterocycles. The number of rotatable bonds is 2. The average Bonchev–Trinajstić information content (AvgIpc) is 2.32. The minimum absolute atomic E-state index is 0.554. The van der Waals surface area contributed by atoms with Crippen molar-refractivity contribution in [3.63, 3.8) is 0 Å². The minimum Gasteiger partial charge on any atom is -0.338 e. The summed E-state index contributed by atoms with van der Waals surface area (Å²) in [7, 11) is 0. The number of aromatic nitrogens is 2. The summed E-state index contributed by atoms with van der Waals surface area (Å²) in [5, 5.41) is 12.1. The molecular weight excluding hydrogens is 348 g/mol. The summed E-state index contributed by atoms with van der Waals surface area (Å²) in [6, 6.07) is 7.50. The predicted octanol–water partition coefficient (Wildman–Crippen LogP) is 3.62. The number of hydrogen-bond donors (Lipinski definition) is 1. The molecule has 0 saturated carbocycles. The zero-order valence-electron chi connectivity index (χ0n) is 8.48. The number of benzene rings is 1. The van der Waals surface area contributed by atoms with E-state index in [0.29, 0.717) is 17.1 Å². The van der Waals surface area contributed by atoms with Gasteiger partial charge in [0.25, 0.3) is 0 Å². The van der Waals surface area contributed by atoms with Gasteiger partial charge in [-0.05, 0) is 34.1 Å². The molecule has 0 atom stereocenters. The minimum atomic E-state index is 0.554. The molecule has 2 rings (SSSR count). The Hall–Kier alpha value is -1.45. The van der Waals surface area contributed by atoms with E-state index in [-0.39, 0.29) is 0 Å². The highest BCUT2D eigenvalue weighted by molar-refractivity contribution is 9.10. The Morgan fingerprint density at radius 2 is 2.12 bits per heavy atom. The first kappa shape index (κ1) is 12.0. The maximum absolute atomic E-state index is 9.01. The van der Waals surface area contributed by atoms with Crippen LogP contribution in [-0.2, 0) is 0 Å². The molecule has 0 saturated heterocycles. The highest BCUT2D eigenvalue weighted by Crippen LogP contribution is 2.26. The molecule has 17 heavy (non-hydrogen) atoms. The van der Waals surface area contributed by atoms with Gasteiger partial charge in [-0.3, -0.25) is 0 Å². The quantitative estimate of drug-likeness (QED) is 0.895. The molecule has 4 nitrogen and oxygen atoms in total. The number of nitrogens with zero attached hydrogens (tertiary/aromatic N) is 3. The monoisotopic (exact) mass is 352 g/mol. The summed E-state index contributed by atoms with van der Waals surface area (Å²) >= 11 is 6.70. The number of anilines is 2. The third-order valence-corrected chi connectivity index (χ3v) is 3.10. The molecule has 1 aromatic carbocycles. The molecule has 1 heterocycles. The van der Waals surface area contributed by atoms with Gasteiger partial charge in [-0.2, -0.15) is 5.26 Å². The van der Waals surface area contributed by atoms with E-state index in [4.69, 9.17) is 5.26 Å². The number of hydrogen-bond acceptors (Lipinski definition) is 4. The van der Waals surface area contributed by atoms with Gasteiger partial charge in [0.05, 0.1) is 15.7 Å². The Bertz CT molecular complexity index is 592. The first-order valence-corrected chi connectivity index (χ1v) is 6.21. The molecule has 0 spiro atoms. The molecule has 2 aromatic rings. The second-order valence-corrected chi connectivity index (χ2v) is 4.92. The molecule has 0 fully saturated rings. The normalized spacial score (nSPS) is 9.71. The van der Waals surface area contributed by atoms with E-state index in [1.807, 2.05) is 12.1 Å². The lowest BCUT2D eigenvalue weighted by Gasteiger charge is -2.08. The van der Waals surface area contributed by atoms with E-state index >= 15 is 0 Å². The maximum Gasteiger partial charge on any atom is 0.148 e. The van der Waals surface area contributed by atoms with Gasteiger partial charge in [-0.1, -0.05) is 15.9 Å². The van der Waals surface area contributed by atoms with Crippen molar-refractivity contribution < 1.29 is 0 Å². The van der Waals surface area contributed by atoms with Gasteiger partial charge in [-0.25, -0.2) is 9.97 Å². The van der Waals surface area contributed by atoms with Crippen molar-refractivity contribution in [1.29, 1.82) is 5.26 Å². The van der Waals surface area contributed by atoms with Crippen LogP contribution >= 0.6 is 31.9 Å². The molecule has 0 bridgehead atoms. The van der Waals surface area contributed by atoms with Crippen molar-refractivity contribution in [1.82, 2.24) is 9.97 Å². The summed E-state index contributed by atoms with van der Waals surface area (Å²) in [4.78, 5) is 7.96. The Labute approximate surface area is 115 Å². The maximum atomic E-state index is 9.01. The summed E-state index contributed by atoms with van der Waals surface area (Å²) in [6.07, 6.45) is 3.08. The molecule has 0 amide bonds. The topological polar surface area (TPSA) is 61.6 Å². The highest BCUT2D eigenvalue weighted by atomic mass is 79.9. The van der Waals surface area contributed by atoms with E-state index in [9.17, 15) is 0 Å². The van der Waals surface area contributed by atoms with Crippen molar-refractivity contribution in [2.45, 2.75) is 0 Å². The van der Waals surface area contributed by atoms with Crippen molar-refractivity contribution in [3.8, 4) is 6.07 Å². The van der Waals surface area contributed by atoms with Gasteiger partial charge in [-0.15, -0.1) is 0 Å². The lowest BCUT2D eigenvalue weighted by molar-refractivity contribution is 1.15. The van der Waals surface area contributed by atoms with Crippen LogP contribution in [0.5, 0.6) is 0 Å². The zero-order valence-corrected chi connectivity index (χ0v) is 11.7. The van der Waals surface area contributed by atoms with Gasteiger partial charge in [0, 0.05) is 10.7 Å². The fraction of sp³-hybridized carbons (Fsp3) is 0. The highest BCUT2D eigenvalue weighted by Gasteiger charge is 2.06. The van der Waals surface area contributed by atoms with E-state index in [0.717, 1.165) is 8.95 Å². The SMILES string of the molecule is N#Cc1ccc(Br)cc1Nc1ncncc1Br. The molecule has 0 radical (unpaired) electrons. The zero-order chi connectivity index (χ0) is 12.3. The largest absolute Gasteiger partial charge is 0.338 e. The first-order valence-electron chi connectivity index (χ1n) is 4.63. The first-order chi connectivity index (χ1) is 8.20. The smallest absolute Gasteiger partial charge is 0.148 e. The van der Waals surface area contributed by atoms with Crippen LogP contribution in [0.25, 0.3) is 0 Å². The van der Waals surface area contributed by atoms with Crippen molar-refractivity contribution >= 4 is 43.4 Å². The van der Waals surface area contributed by atoms with Crippen molar-refractivity contribution in [2.24, 2.45) is 0 Å². The van der Waals surface area contributed by atoms with E-state index < -0.39 is 0 Å². The standard InChI is InChI=1S/C11H6Br2N4/c12-8-2-1-7(4-14)10(3-8)17-11-9(13)5-15-6-16-11/h1-3,5-6H,(H,15,16,17). The summed E-state index contributed by atoms with van der Waals surface area (Å²) in [5.41, 5.74) is 1.25. The van der Waals surface area contributed by atoms with Crippen LogP contribution in [-0.4, -0.2) is 9.97 Å². The van der Waals surface area contributed by atoms with Crippen LogP contribution in [0, 0.1) is 11.3 Å². The van der Waals surface area contributed by atoms with Crippen LogP contribution in [0.4, 0.5) is 11.5 Å². The molecule has 0 unspecified atom stereocenters. The van der Waals surface area contributed by atoms with Crippen molar-refractivity contribution in [3.05, 3.63) is 45.2 Å². The average molecular weight is 354 g/mol. The molecule has 84 valence electrons. The fourth-order valence-electron chi connectivity index (χ4n) is 1.25. The summed E-state index contributed by atoms with van der Waals surface area (Å²) in [5.74, 6) is 0.620.